The number of benzene rings is 3. The Labute approximate surface area is 140 Å². The van der Waals surface area contributed by atoms with Crippen LogP contribution in [0.5, 0.6) is 0 Å². The summed E-state index contributed by atoms with van der Waals surface area (Å²) in [5.41, 5.74) is 4.03. The molecule has 0 fully saturated rings. The number of halogens is 1. The van der Waals surface area contributed by atoms with E-state index in [0.717, 1.165) is 0 Å². The van der Waals surface area contributed by atoms with Crippen LogP contribution >= 0.6 is 22.6 Å². The van der Waals surface area contributed by atoms with E-state index in [1.165, 1.54) is 50.3 Å². The molecule has 3 rings (SSSR count). The highest BCUT2D eigenvalue weighted by Crippen LogP contribution is 2.26. The van der Waals surface area contributed by atoms with Crippen LogP contribution in [0.2, 0.25) is 0 Å². The molecule has 3 aromatic rings. The second kappa shape index (κ2) is 6.61. The number of rotatable bonds is 4. The first-order valence-corrected chi connectivity index (χ1v) is 8.63. The van der Waals surface area contributed by atoms with E-state index in [4.69, 9.17) is 0 Å². The first kappa shape index (κ1) is 14.6. The molecule has 0 unspecified atom stereocenters. The van der Waals surface area contributed by atoms with Crippen molar-refractivity contribution in [2.24, 2.45) is 0 Å². The minimum absolute atomic E-state index is 1.19. The molecule has 0 nitrogen and oxygen atoms in total. The quantitative estimate of drug-likeness (QED) is 0.452. The Bertz CT molecular complexity index is 741. The van der Waals surface area contributed by atoms with E-state index < -0.39 is 0 Å². The lowest BCUT2D eigenvalue weighted by Gasteiger charge is -2.07. The van der Waals surface area contributed by atoms with E-state index in [9.17, 15) is 0 Å². The van der Waals surface area contributed by atoms with Crippen LogP contribution in [0.4, 0.5) is 0 Å². The summed E-state index contributed by atoms with van der Waals surface area (Å²) in [6.45, 7) is 2.24. The zero-order valence-corrected chi connectivity index (χ0v) is 14.4. The van der Waals surface area contributed by atoms with Gasteiger partial charge in [-0.05, 0) is 81.1 Å². The molecule has 0 atom stereocenters. The molecule has 0 amide bonds. The van der Waals surface area contributed by atoms with Crippen molar-refractivity contribution in [3.8, 4) is 11.1 Å². The maximum Gasteiger partial charge on any atom is 0.0130 e. The third-order valence-electron chi connectivity index (χ3n) is 3.90. The minimum Gasteiger partial charge on any atom is -0.0654 e. The zero-order chi connectivity index (χ0) is 14.7. The van der Waals surface area contributed by atoms with E-state index >= 15 is 0 Å². The lowest BCUT2D eigenvalue weighted by molar-refractivity contribution is 0.796. The summed E-state index contributed by atoms with van der Waals surface area (Å²) in [5.74, 6) is 0. The summed E-state index contributed by atoms with van der Waals surface area (Å²) in [4.78, 5) is 0. The van der Waals surface area contributed by atoms with Gasteiger partial charge in [-0.2, -0.15) is 0 Å². The van der Waals surface area contributed by atoms with Crippen LogP contribution in [-0.2, 0) is 6.42 Å². The van der Waals surface area contributed by atoms with Gasteiger partial charge in [-0.25, -0.2) is 0 Å². The van der Waals surface area contributed by atoms with Crippen LogP contribution < -0.4 is 0 Å². The molecule has 0 N–H and O–H groups in total. The molecule has 0 heterocycles. The molecular weight excluding hydrogens is 367 g/mol. The van der Waals surface area contributed by atoms with Crippen LogP contribution in [0.25, 0.3) is 21.9 Å². The van der Waals surface area contributed by atoms with Crippen LogP contribution in [0, 0.1) is 3.57 Å². The molecule has 0 radical (unpaired) electrons. The van der Waals surface area contributed by atoms with Gasteiger partial charge in [0.25, 0.3) is 0 Å². The van der Waals surface area contributed by atoms with E-state index in [2.05, 4.69) is 90.2 Å². The Morgan fingerprint density at radius 3 is 2.19 bits per heavy atom. The molecule has 0 aliphatic heterocycles. The molecule has 0 bridgehead atoms. The standard InChI is InChI=1S/C20H19I/c1-2-3-4-15-5-6-19-14-18(8-7-17(19)13-15)16-9-11-20(21)12-10-16/h5-14H,2-4H2,1H3. The van der Waals surface area contributed by atoms with E-state index in [1.807, 2.05) is 0 Å². The van der Waals surface area contributed by atoms with Crippen molar-refractivity contribution < 1.29 is 0 Å². The van der Waals surface area contributed by atoms with Crippen molar-refractivity contribution >= 4 is 33.4 Å². The molecule has 0 aliphatic rings. The Morgan fingerprint density at radius 1 is 0.762 bits per heavy atom. The Balaban J connectivity index is 1.95. The fraction of sp³-hybridized carbons (Fsp3) is 0.200. The average Bonchev–Trinajstić information content (AvgIpc) is 2.53. The summed E-state index contributed by atoms with van der Waals surface area (Å²) in [6.07, 6.45) is 3.71. The largest absolute Gasteiger partial charge is 0.0654 e. The molecule has 0 spiro atoms. The van der Waals surface area contributed by atoms with Crippen molar-refractivity contribution in [3.05, 3.63) is 69.8 Å². The monoisotopic (exact) mass is 386 g/mol. The molecule has 21 heavy (non-hydrogen) atoms. The normalized spacial score (nSPS) is 11.0. The molecular formula is C20H19I. The smallest absolute Gasteiger partial charge is 0.0130 e. The zero-order valence-electron chi connectivity index (χ0n) is 12.3. The minimum atomic E-state index is 1.19. The second-order valence-electron chi connectivity index (χ2n) is 5.51. The molecule has 0 aliphatic carbocycles. The fourth-order valence-corrected chi connectivity index (χ4v) is 3.01. The fourth-order valence-electron chi connectivity index (χ4n) is 2.65. The van der Waals surface area contributed by atoms with Gasteiger partial charge in [0.2, 0.25) is 0 Å². The highest BCUT2D eigenvalue weighted by atomic mass is 127. The summed E-state index contributed by atoms with van der Waals surface area (Å²) in [7, 11) is 0. The van der Waals surface area contributed by atoms with Gasteiger partial charge in [0, 0.05) is 3.57 Å². The number of hydrogen-bond donors (Lipinski definition) is 0. The van der Waals surface area contributed by atoms with Crippen LogP contribution in [0.3, 0.4) is 0 Å². The molecule has 0 aromatic heterocycles. The number of fused-ring (bicyclic) bond motifs is 1. The van der Waals surface area contributed by atoms with Gasteiger partial charge < -0.3 is 0 Å². The molecule has 3 aromatic carbocycles. The Morgan fingerprint density at radius 2 is 1.43 bits per heavy atom. The summed E-state index contributed by atoms with van der Waals surface area (Å²) >= 11 is 2.34. The molecule has 1 heteroatoms. The molecule has 0 saturated carbocycles. The van der Waals surface area contributed by atoms with Crippen molar-refractivity contribution in [3.63, 3.8) is 0 Å². The molecule has 0 saturated heterocycles. The van der Waals surface area contributed by atoms with Crippen LogP contribution in [0.15, 0.2) is 60.7 Å². The summed E-state index contributed by atoms with van der Waals surface area (Å²) in [6, 6.07) is 22.3. The summed E-state index contributed by atoms with van der Waals surface area (Å²) < 4.78 is 1.28. The van der Waals surface area contributed by atoms with E-state index in [1.54, 1.807) is 0 Å². The number of aryl methyl sites for hydroxylation is 1. The first-order chi connectivity index (χ1) is 10.3. The van der Waals surface area contributed by atoms with Gasteiger partial charge in [0.15, 0.2) is 0 Å². The van der Waals surface area contributed by atoms with Crippen molar-refractivity contribution in [1.29, 1.82) is 0 Å². The van der Waals surface area contributed by atoms with Crippen molar-refractivity contribution in [2.45, 2.75) is 26.2 Å². The third kappa shape index (κ3) is 3.46. The van der Waals surface area contributed by atoms with Gasteiger partial charge in [-0.15, -0.1) is 0 Å². The van der Waals surface area contributed by atoms with Gasteiger partial charge >= 0.3 is 0 Å². The predicted molar refractivity (Wildman–Crippen MR) is 101 cm³/mol. The van der Waals surface area contributed by atoms with Gasteiger partial charge in [-0.3, -0.25) is 0 Å². The van der Waals surface area contributed by atoms with Crippen LogP contribution in [-0.4, -0.2) is 0 Å². The lowest BCUT2D eigenvalue weighted by Crippen LogP contribution is -1.85. The Hall–Kier alpha value is -1.35. The third-order valence-corrected chi connectivity index (χ3v) is 4.62. The van der Waals surface area contributed by atoms with Crippen molar-refractivity contribution in [1.82, 2.24) is 0 Å². The van der Waals surface area contributed by atoms with Crippen molar-refractivity contribution in [2.75, 3.05) is 0 Å². The van der Waals surface area contributed by atoms with Crippen LogP contribution in [0.1, 0.15) is 25.3 Å². The maximum atomic E-state index is 2.34. The molecule has 106 valence electrons. The van der Waals surface area contributed by atoms with Gasteiger partial charge in [-0.1, -0.05) is 55.8 Å². The van der Waals surface area contributed by atoms with E-state index in [0.29, 0.717) is 0 Å². The van der Waals surface area contributed by atoms with Gasteiger partial charge in [0.05, 0.1) is 0 Å². The Kier molecular flexibility index (Phi) is 4.59. The number of unbranched alkanes of at least 4 members (excludes halogenated alkanes) is 1. The average molecular weight is 386 g/mol. The second-order valence-corrected chi connectivity index (χ2v) is 6.75. The summed E-state index contributed by atoms with van der Waals surface area (Å²) in [5, 5.41) is 2.67. The SMILES string of the molecule is CCCCc1ccc2cc(-c3ccc(I)cc3)ccc2c1. The topological polar surface area (TPSA) is 0 Å². The lowest BCUT2D eigenvalue weighted by atomic mass is 9.99. The first-order valence-electron chi connectivity index (χ1n) is 7.55. The number of hydrogen-bond acceptors (Lipinski definition) is 0. The van der Waals surface area contributed by atoms with Gasteiger partial charge in [0.1, 0.15) is 0 Å². The van der Waals surface area contributed by atoms with E-state index in [-0.39, 0.29) is 0 Å². The highest BCUT2D eigenvalue weighted by Gasteiger charge is 2.01. The maximum absolute atomic E-state index is 2.34. The highest BCUT2D eigenvalue weighted by molar-refractivity contribution is 14.1. The predicted octanol–water partition coefficient (Wildman–Crippen LogP) is 6.45.